The monoisotopic (exact) mass is 574 g/mol. The molecule has 1 heterocycles. The lowest BCUT2D eigenvalue weighted by molar-refractivity contribution is -0.274. The lowest BCUT2D eigenvalue weighted by Crippen LogP contribution is -2.32. The number of benzene rings is 3. The van der Waals surface area contributed by atoms with E-state index in [2.05, 4.69) is 9.72 Å². The van der Waals surface area contributed by atoms with E-state index < -0.39 is 44.4 Å². The van der Waals surface area contributed by atoms with E-state index in [1.165, 1.54) is 25.3 Å². The molecule has 4 aromatic rings. The number of aromatic carboxylic acids is 1. The second-order valence-electron chi connectivity index (χ2n) is 9.46. The summed E-state index contributed by atoms with van der Waals surface area (Å²) >= 11 is 0. The molecule has 7 nitrogen and oxygen atoms in total. The smallest absolute Gasteiger partial charge is 0.478 e. The first-order valence-corrected chi connectivity index (χ1v) is 13.6. The van der Waals surface area contributed by atoms with Crippen LogP contribution in [0.25, 0.3) is 10.8 Å². The predicted molar refractivity (Wildman–Crippen MR) is 138 cm³/mol. The second-order valence-corrected chi connectivity index (χ2v) is 11.3. The molecule has 0 bridgehead atoms. The van der Waals surface area contributed by atoms with Crippen LogP contribution in [0.4, 0.5) is 23.4 Å². The number of rotatable bonds is 8. The highest BCUT2D eigenvalue weighted by Crippen LogP contribution is 2.48. The van der Waals surface area contributed by atoms with E-state index in [0.29, 0.717) is 17.2 Å². The van der Waals surface area contributed by atoms with Gasteiger partial charge in [0, 0.05) is 17.1 Å². The van der Waals surface area contributed by atoms with Crippen LogP contribution in [0.2, 0.25) is 0 Å². The van der Waals surface area contributed by atoms with Gasteiger partial charge in [-0.15, -0.1) is 13.2 Å². The van der Waals surface area contributed by atoms with E-state index in [9.17, 15) is 35.9 Å². The summed E-state index contributed by atoms with van der Waals surface area (Å²) in [6.45, 7) is 0.945. The molecule has 1 fully saturated rings. The average Bonchev–Trinajstić information content (AvgIpc) is 3.71. The Morgan fingerprint density at radius 2 is 1.77 bits per heavy atom. The molecule has 0 amide bonds. The van der Waals surface area contributed by atoms with E-state index in [1.807, 2.05) is 24.3 Å². The zero-order chi connectivity index (χ0) is 28.8. The topological polar surface area (TPSA) is 96.8 Å². The number of anilines is 1. The summed E-state index contributed by atoms with van der Waals surface area (Å²) < 4.78 is 85.8. The van der Waals surface area contributed by atoms with Crippen LogP contribution >= 0.6 is 0 Å². The molecule has 0 saturated heterocycles. The second kappa shape index (κ2) is 10.1. The van der Waals surface area contributed by atoms with Gasteiger partial charge in [0.25, 0.3) is 10.0 Å². The number of carboxylic acids is 1. The fourth-order valence-corrected chi connectivity index (χ4v) is 6.17. The number of ether oxygens (including phenoxy) is 1. The van der Waals surface area contributed by atoms with Crippen molar-refractivity contribution in [1.82, 2.24) is 4.98 Å². The van der Waals surface area contributed by atoms with Gasteiger partial charge in [0.15, 0.2) is 0 Å². The van der Waals surface area contributed by atoms with Crippen molar-refractivity contribution in [3.05, 3.63) is 94.9 Å². The Morgan fingerprint density at radius 3 is 2.38 bits per heavy atom. The minimum atomic E-state index is -4.89. The summed E-state index contributed by atoms with van der Waals surface area (Å²) in [4.78, 5) is 15.5. The van der Waals surface area contributed by atoms with Gasteiger partial charge in [-0.2, -0.15) is 0 Å². The number of hydrogen-bond donors (Lipinski definition) is 1. The lowest BCUT2D eigenvalue weighted by Gasteiger charge is -2.27. The Bertz CT molecular complexity index is 1700. The maximum Gasteiger partial charge on any atom is 0.573 e. The van der Waals surface area contributed by atoms with Gasteiger partial charge in [0.05, 0.1) is 17.0 Å². The summed E-state index contributed by atoms with van der Waals surface area (Å²) in [5.74, 6) is -3.09. The lowest BCUT2D eigenvalue weighted by atomic mass is 10.0. The molecule has 5 rings (SSSR count). The van der Waals surface area contributed by atoms with Crippen LogP contribution < -0.4 is 9.04 Å². The number of sulfonamides is 1. The minimum absolute atomic E-state index is 0.0294. The van der Waals surface area contributed by atoms with Crippen molar-refractivity contribution in [2.24, 2.45) is 0 Å². The number of pyridine rings is 1. The van der Waals surface area contributed by atoms with Crippen LogP contribution in [0.1, 0.15) is 45.8 Å². The summed E-state index contributed by atoms with van der Waals surface area (Å²) in [6.07, 6.45) is -1.75. The summed E-state index contributed by atoms with van der Waals surface area (Å²) in [5, 5.41) is 10.9. The van der Waals surface area contributed by atoms with Crippen LogP contribution in [0.5, 0.6) is 5.75 Å². The van der Waals surface area contributed by atoms with Crippen LogP contribution in [0, 0.1) is 12.7 Å². The maximum atomic E-state index is 14.8. The molecule has 0 atom stereocenters. The molecule has 1 aromatic heterocycles. The summed E-state index contributed by atoms with van der Waals surface area (Å²) in [7, 11) is -4.55. The number of hydrogen-bond acceptors (Lipinski definition) is 5. The molecule has 3 aromatic carbocycles. The van der Waals surface area contributed by atoms with Crippen molar-refractivity contribution >= 4 is 32.6 Å². The number of nitrogens with zero attached hydrogens (tertiary/aromatic N) is 2. The van der Waals surface area contributed by atoms with E-state index in [4.69, 9.17) is 0 Å². The van der Waals surface area contributed by atoms with Gasteiger partial charge in [-0.3, -0.25) is 0 Å². The summed E-state index contributed by atoms with van der Waals surface area (Å²) in [5.41, 5.74) is 0.272. The molecule has 0 unspecified atom stereocenters. The number of alkyl halides is 3. The fourth-order valence-electron chi connectivity index (χ4n) is 4.64. The van der Waals surface area contributed by atoms with Crippen molar-refractivity contribution in [1.29, 1.82) is 0 Å². The predicted octanol–water partition coefficient (Wildman–Crippen LogP) is 6.55. The van der Waals surface area contributed by atoms with Crippen molar-refractivity contribution in [2.45, 2.75) is 43.5 Å². The quantitative estimate of drug-likeness (QED) is 0.240. The zero-order valence-electron chi connectivity index (χ0n) is 20.9. The fraction of sp³-hybridized carbons (Fsp3) is 0.214. The van der Waals surface area contributed by atoms with Crippen LogP contribution in [0.3, 0.4) is 0 Å². The molecule has 1 aliphatic rings. The molecule has 1 aliphatic carbocycles. The highest BCUT2D eigenvalue weighted by Gasteiger charge is 2.36. The van der Waals surface area contributed by atoms with Gasteiger partial charge in [0.1, 0.15) is 17.4 Å². The molecule has 0 aliphatic heterocycles. The van der Waals surface area contributed by atoms with Crippen molar-refractivity contribution < 1.29 is 40.6 Å². The number of carboxylic acid groups (broad SMARTS) is 1. The van der Waals surface area contributed by atoms with E-state index >= 15 is 0 Å². The Morgan fingerprint density at radius 1 is 1.10 bits per heavy atom. The number of aromatic nitrogens is 1. The summed E-state index contributed by atoms with van der Waals surface area (Å²) in [6, 6.07) is 13.8. The third kappa shape index (κ3) is 5.44. The van der Waals surface area contributed by atoms with Gasteiger partial charge >= 0.3 is 12.3 Å². The third-order valence-corrected chi connectivity index (χ3v) is 8.30. The van der Waals surface area contributed by atoms with Crippen molar-refractivity contribution in [2.75, 3.05) is 4.31 Å². The maximum absolute atomic E-state index is 14.8. The Labute approximate surface area is 226 Å². The number of aryl methyl sites for hydroxylation is 1. The third-order valence-electron chi connectivity index (χ3n) is 6.59. The largest absolute Gasteiger partial charge is 0.573 e. The van der Waals surface area contributed by atoms with Gasteiger partial charge in [-0.25, -0.2) is 26.9 Å². The van der Waals surface area contributed by atoms with Gasteiger partial charge in [0.2, 0.25) is 0 Å². The number of carbonyl (C=O) groups is 1. The zero-order valence-corrected chi connectivity index (χ0v) is 21.8. The Kier molecular flexibility index (Phi) is 6.90. The average molecular weight is 575 g/mol. The SMILES string of the molecule is Cc1cc(S(=O)(=O)N(Cc2ccc(OC(F)(F)F)cc2)c2ncc3ccccc3c2C2CC2)cc(F)c1C(=O)O. The van der Waals surface area contributed by atoms with Crippen molar-refractivity contribution in [3.63, 3.8) is 0 Å². The number of halogens is 4. The van der Waals surface area contributed by atoms with Crippen LogP contribution in [-0.4, -0.2) is 30.8 Å². The molecular weight excluding hydrogens is 552 g/mol. The van der Waals surface area contributed by atoms with Crippen LogP contribution in [-0.2, 0) is 16.6 Å². The molecule has 0 radical (unpaired) electrons. The van der Waals surface area contributed by atoms with E-state index in [1.54, 1.807) is 0 Å². The Hall–Kier alpha value is -4.19. The molecule has 12 heteroatoms. The molecule has 208 valence electrons. The first kappa shape index (κ1) is 27.4. The van der Waals surface area contributed by atoms with Gasteiger partial charge in [-0.1, -0.05) is 36.4 Å². The first-order chi connectivity index (χ1) is 18.8. The highest BCUT2D eigenvalue weighted by atomic mass is 32.2. The highest BCUT2D eigenvalue weighted by molar-refractivity contribution is 7.92. The standard InChI is InChI=1S/C28H22F4N2O5S/c1-16-12-21(13-23(29)24(16)27(35)36)40(37,38)34(15-17-6-10-20(11-7-17)39-28(30,31)32)26-25(18-8-9-18)22-5-3-2-4-19(22)14-33-26/h2-7,10-14,18H,8-9,15H2,1H3,(H,35,36). The van der Waals surface area contributed by atoms with Crippen LogP contribution in [0.15, 0.2) is 71.8 Å². The number of fused-ring (bicyclic) bond motifs is 1. The Balaban J connectivity index is 1.66. The molecule has 0 spiro atoms. The van der Waals surface area contributed by atoms with Crippen molar-refractivity contribution in [3.8, 4) is 5.75 Å². The molecule has 1 N–H and O–H groups in total. The molecular formula is C28H22F4N2O5S. The van der Waals surface area contributed by atoms with Gasteiger partial charge in [-0.05, 0) is 66.5 Å². The first-order valence-electron chi connectivity index (χ1n) is 12.1. The van der Waals surface area contributed by atoms with E-state index in [-0.39, 0.29) is 23.8 Å². The molecule has 1 saturated carbocycles. The normalized spacial score (nSPS) is 13.8. The molecule has 40 heavy (non-hydrogen) atoms. The van der Waals surface area contributed by atoms with E-state index in [0.717, 1.165) is 46.1 Å². The minimum Gasteiger partial charge on any atom is -0.478 e. The van der Waals surface area contributed by atoms with Gasteiger partial charge < -0.3 is 9.84 Å².